The maximum Gasteiger partial charge on any atom is 0.221 e. The van der Waals surface area contributed by atoms with Gasteiger partial charge in [0.1, 0.15) is 0 Å². The molecule has 0 unspecified atom stereocenters. The largest absolute Gasteiger partial charge is 0.256 e. The van der Waals surface area contributed by atoms with Gasteiger partial charge in [-0.05, 0) is 29.3 Å². The third-order valence-electron chi connectivity index (χ3n) is 5.52. The number of aromatic amines is 1. The van der Waals surface area contributed by atoms with Gasteiger partial charge >= 0.3 is 0 Å². The molecule has 3 aromatic heterocycles. The van der Waals surface area contributed by atoms with Crippen molar-refractivity contribution in [3.8, 4) is 22.4 Å². The van der Waals surface area contributed by atoms with Gasteiger partial charge in [0, 0.05) is 29.1 Å². The standard InChI is InChI=1S/C26H18N6/c1-3-7-18(8-4-1)21-15-20-13-17(11-12-22(20)27-16-21)14-23-24(19-9-5-2-6-10-19)29-26-25(28-23)30-32-31-26/h1-13,15-16H,14H2,(H,28,29,30,31,32). The molecule has 6 heteroatoms. The van der Waals surface area contributed by atoms with Crippen molar-refractivity contribution in [2.24, 2.45) is 0 Å². The van der Waals surface area contributed by atoms with Gasteiger partial charge in [0.05, 0.1) is 16.9 Å². The molecule has 6 rings (SSSR count). The van der Waals surface area contributed by atoms with E-state index in [1.54, 1.807) is 0 Å². The molecule has 0 aliphatic carbocycles. The number of hydrogen-bond acceptors (Lipinski definition) is 5. The molecule has 0 fully saturated rings. The molecule has 0 spiro atoms. The van der Waals surface area contributed by atoms with Crippen LogP contribution in [-0.2, 0) is 6.42 Å². The highest BCUT2D eigenvalue weighted by Gasteiger charge is 2.14. The average Bonchev–Trinajstić information content (AvgIpc) is 3.32. The van der Waals surface area contributed by atoms with Crippen LogP contribution in [0, 0.1) is 0 Å². The fourth-order valence-electron chi connectivity index (χ4n) is 3.95. The average molecular weight is 414 g/mol. The van der Waals surface area contributed by atoms with Crippen LogP contribution in [-0.4, -0.2) is 30.4 Å². The smallest absolute Gasteiger partial charge is 0.221 e. The lowest BCUT2D eigenvalue weighted by molar-refractivity contribution is 0.950. The summed E-state index contributed by atoms with van der Waals surface area (Å²) in [7, 11) is 0. The van der Waals surface area contributed by atoms with Gasteiger partial charge in [-0.2, -0.15) is 0 Å². The van der Waals surface area contributed by atoms with Crippen LogP contribution in [0.15, 0.2) is 91.1 Å². The fraction of sp³-hybridized carbons (Fsp3) is 0.0385. The molecule has 0 atom stereocenters. The number of nitrogens with zero attached hydrogens (tertiary/aromatic N) is 5. The van der Waals surface area contributed by atoms with E-state index in [9.17, 15) is 0 Å². The molecule has 1 N–H and O–H groups in total. The zero-order valence-corrected chi connectivity index (χ0v) is 17.1. The Balaban J connectivity index is 1.43. The molecule has 0 aliphatic heterocycles. The third kappa shape index (κ3) is 3.37. The number of nitrogens with one attached hydrogen (secondary N) is 1. The molecule has 0 aliphatic rings. The monoisotopic (exact) mass is 414 g/mol. The third-order valence-corrected chi connectivity index (χ3v) is 5.52. The Hall–Kier alpha value is -4.45. The van der Waals surface area contributed by atoms with E-state index in [0.717, 1.165) is 44.5 Å². The predicted octanol–water partition coefficient (Wildman–Crippen LogP) is 5.22. The van der Waals surface area contributed by atoms with Crippen LogP contribution >= 0.6 is 0 Å². The van der Waals surface area contributed by atoms with E-state index in [4.69, 9.17) is 9.97 Å². The SMILES string of the molecule is c1ccc(-c2cnc3ccc(Cc4nc5nn[nH]c5nc4-c4ccccc4)cc3c2)cc1. The Morgan fingerprint density at radius 3 is 2.31 bits per heavy atom. The second-order valence-electron chi connectivity index (χ2n) is 7.66. The van der Waals surface area contributed by atoms with Crippen LogP contribution < -0.4 is 0 Å². The molecule has 0 radical (unpaired) electrons. The van der Waals surface area contributed by atoms with Crippen LogP contribution in [0.5, 0.6) is 0 Å². The van der Waals surface area contributed by atoms with Crippen molar-refractivity contribution in [1.29, 1.82) is 0 Å². The molecule has 0 saturated carbocycles. The van der Waals surface area contributed by atoms with Gasteiger partial charge in [-0.3, -0.25) is 4.98 Å². The van der Waals surface area contributed by atoms with Gasteiger partial charge in [0.15, 0.2) is 5.65 Å². The van der Waals surface area contributed by atoms with Crippen LogP contribution in [0.3, 0.4) is 0 Å². The van der Waals surface area contributed by atoms with Crippen molar-refractivity contribution in [1.82, 2.24) is 30.4 Å². The summed E-state index contributed by atoms with van der Waals surface area (Å²) in [5, 5.41) is 11.8. The Kier molecular flexibility index (Phi) is 4.39. The summed E-state index contributed by atoms with van der Waals surface area (Å²) >= 11 is 0. The summed E-state index contributed by atoms with van der Waals surface area (Å²) in [5.41, 5.74) is 8.18. The first kappa shape index (κ1) is 18.3. The lowest BCUT2D eigenvalue weighted by Crippen LogP contribution is -2.00. The highest BCUT2D eigenvalue weighted by atomic mass is 15.4. The molecule has 3 aromatic carbocycles. The number of pyridine rings is 1. The Morgan fingerprint density at radius 1 is 0.719 bits per heavy atom. The molecule has 152 valence electrons. The number of hydrogen-bond donors (Lipinski definition) is 1. The number of aromatic nitrogens is 6. The van der Waals surface area contributed by atoms with E-state index < -0.39 is 0 Å². The predicted molar refractivity (Wildman–Crippen MR) is 125 cm³/mol. The van der Waals surface area contributed by atoms with E-state index in [1.807, 2.05) is 54.7 Å². The molecular formula is C26H18N6. The first-order valence-corrected chi connectivity index (χ1v) is 10.4. The molecule has 6 aromatic rings. The van der Waals surface area contributed by atoms with Crippen molar-refractivity contribution in [3.05, 3.63) is 102 Å². The lowest BCUT2D eigenvalue weighted by Gasteiger charge is -2.09. The highest BCUT2D eigenvalue weighted by Crippen LogP contribution is 2.27. The number of rotatable bonds is 4. The van der Waals surface area contributed by atoms with E-state index in [-0.39, 0.29) is 0 Å². The molecule has 32 heavy (non-hydrogen) atoms. The summed E-state index contributed by atoms with van der Waals surface area (Å²) < 4.78 is 0. The van der Waals surface area contributed by atoms with Crippen molar-refractivity contribution >= 4 is 22.2 Å². The second-order valence-corrected chi connectivity index (χ2v) is 7.66. The molecule has 0 amide bonds. The number of H-pyrrole nitrogens is 1. The summed E-state index contributed by atoms with van der Waals surface area (Å²) in [5.74, 6) is 0. The van der Waals surface area contributed by atoms with Crippen LogP contribution in [0.1, 0.15) is 11.3 Å². The first-order chi connectivity index (χ1) is 15.8. The summed E-state index contributed by atoms with van der Waals surface area (Å²) in [6.07, 6.45) is 2.56. The van der Waals surface area contributed by atoms with Gasteiger partial charge < -0.3 is 0 Å². The van der Waals surface area contributed by atoms with E-state index >= 15 is 0 Å². The van der Waals surface area contributed by atoms with Gasteiger partial charge in [0.2, 0.25) is 5.65 Å². The minimum absolute atomic E-state index is 0.522. The Bertz CT molecular complexity index is 1540. The zero-order chi connectivity index (χ0) is 21.3. The van der Waals surface area contributed by atoms with E-state index in [0.29, 0.717) is 17.7 Å². The van der Waals surface area contributed by atoms with Gasteiger partial charge in [-0.1, -0.05) is 71.9 Å². The number of fused-ring (bicyclic) bond motifs is 2. The lowest BCUT2D eigenvalue weighted by atomic mass is 10.0. The normalized spacial score (nSPS) is 11.2. The topological polar surface area (TPSA) is 80.2 Å². The van der Waals surface area contributed by atoms with E-state index in [1.165, 1.54) is 0 Å². The van der Waals surface area contributed by atoms with Crippen LogP contribution in [0.2, 0.25) is 0 Å². The Labute approximate surface area is 184 Å². The van der Waals surface area contributed by atoms with Crippen molar-refractivity contribution in [2.75, 3.05) is 0 Å². The Morgan fingerprint density at radius 2 is 1.50 bits per heavy atom. The summed E-state index contributed by atoms with van der Waals surface area (Å²) in [6.45, 7) is 0. The van der Waals surface area contributed by atoms with Crippen molar-refractivity contribution < 1.29 is 0 Å². The molecule has 3 heterocycles. The summed E-state index contributed by atoms with van der Waals surface area (Å²) in [4.78, 5) is 14.2. The van der Waals surface area contributed by atoms with Crippen molar-refractivity contribution in [2.45, 2.75) is 6.42 Å². The van der Waals surface area contributed by atoms with Gasteiger partial charge in [0.25, 0.3) is 0 Å². The molecule has 6 nitrogen and oxygen atoms in total. The van der Waals surface area contributed by atoms with Crippen molar-refractivity contribution in [3.63, 3.8) is 0 Å². The maximum absolute atomic E-state index is 4.77. The molecular weight excluding hydrogens is 396 g/mol. The second kappa shape index (κ2) is 7.67. The number of benzene rings is 3. The van der Waals surface area contributed by atoms with Gasteiger partial charge in [-0.15, -0.1) is 5.10 Å². The molecule has 0 saturated heterocycles. The minimum atomic E-state index is 0.522. The minimum Gasteiger partial charge on any atom is -0.256 e. The zero-order valence-electron chi connectivity index (χ0n) is 17.1. The van der Waals surface area contributed by atoms with E-state index in [2.05, 4.69) is 56.8 Å². The quantitative estimate of drug-likeness (QED) is 0.428. The molecule has 0 bridgehead atoms. The fourth-order valence-corrected chi connectivity index (χ4v) is 3.95. The first-order valence-electron chi connectivity index (χ1n) is 10.4. The maximum atomic E-state index is 4.77. The summed E-state index contributed by atoms with van der Waals surface area (Å²) in [6, 6.07) is 28.9. The van der Waals surface area contributed by atoms with Crippen LogP contribution in [0.4, 0.5) is 0 Å². The van der Waals surface area contributed by atoms with Gasteiger partial charge in [-0.25, -0.2) is 15.1 Å². The van der Waals surface area contributed by atoms with Crippen LogP contribution in [0.25, 0.3) is 44.6 Å². The highest BCUT2D eigenvalue weighted by molar-refractivity contribution is 5.84.